The number of hydrogen-bond donors (Lipinski definition) is 1. The van der Waals surface area contributed by atoms with Gasteiger partial charge in [0.25, 0.3) is 0 Å². The molecule has 154 valence electrons. The van der Waals surface area contributed by atoms with Gasteiger partial charge in [-0.1, -0.05) is 18.1 Å². The van der Waals surface area contributed by atoms with E-state index in [2.05, 4.69) is 11.8 Å². The van der Waals surface area contributed by atoms with Gasteiger partial charge in [0, 0.05) is 24.1 Å². The maximum Gasteiger partial charge on any atom is 0.409 e. The zero-order chi connectivity index (χ0) is 21.0. The Morgan fingerprint density at radius 2 is 2.10 bits per heavy atom. The number of aryl methyl sites for hydroxylation is 1. The molecule has 1 heterocycles. The SMILES string of the molecule is COC(=O)N1CC[C@@H]2[C@H]1CCC[C@]2(C#Cc1cccc(C)c1)OC(=O)CC(N)=O. The van der Waals surface area contributed by atoms with Gasteiger partial charge in [0.1, 0.15) is 6.42 Å². The molecule has 2 N–H and O–H groups in total. The highest BCUT2D eigenvalue weighted by Crippen LogP contribution is 2.45. The highest BCUT2D eigenvalue weighted by molar-refractivity contribution is 5.93. The number of amides is 2. The van der Waals surface area contributed by atoms with Crippen LogP contribution in [0.1, 0.15) is 43.2 Å². The van der Waals surface area contributed by atoms with E-state index in [1.807, 2.05) is 31.2 Å². The van der Waals surface area contributed by atoms with Crippen molar-refractivity contribution in [2.24, 2.45) is 11.7 Å². The van der Waals surface area contributed by atoms with Crippen LogP contribution in [0.2, 0.25) is 0 Å². The van der Waals surface area contributed by atoms with Gasteiger partial charge in [-0.2, -0.15) is 0 Å². The standard InChI is InChI=1S/C22H26N2O5/c1-15-5-3-6-16(13-15)8-11-22(29-20(26)14-19(23)25)10-4-7-18-17(22)9-12-24(18)21(27)28-2/h3,5-6,13,17-18H,4,7,9-10,12,14H2,1-2H3,(H2,23,25)/t17-,18-,22-/m1/s1. The molecule has 0 spiro atoms. The topological polar surface area (TPSA) is 98.9 Å². The van der Waals surface area contributed by atoms with Crippen LogP contribution in [-0.4, -0.2) is 48.2 Å². The van der Waals surface area contributed by atoms with Crippen LogP contribution in [0.15, 0.2) is 24.3 Å². The smallest absolute Gasteiger partial charge is 0.409 e. The minimum Gasteiger partial charge on any atom is -0.453 e. The normalized spacial score (nSPS) is 25.4. The van der Waals surface area contributed by atoms with Crippen molar-refractivity contribution in [1.82, 2.24) is 4.90 Å². The zero-order valence-corrected chi connectivity index (χ0v) is 16.8. The maximum atomic E-state index is 12.4. The molecule has 0 radical (unpaired) electrons. The third-order valence-corrected chi connectivity index (χ3v) is 5.65. The van der Waals surface area contributed by atoms with E-state index in [-0.39, 0.29) is 18.1 Å². The minimum absolute atomic E-state index is 0.121. The molecule has 1 saturated carbocycles. The summed E-state index contributed by atoms with van der Waals surface area (Å²) in [6.07, 6.45) is 1.84. The zero-order valence-electron chi connectivity index (χ0n) is 16.8. The minimum atomic E-state index is -1.07. The molecule has 1 aromatic carbocycles. The highest BCUT2D eigenvalue weighted by atomic mass is 16.6. The number of likely N-dealkylation sites (tertiary alicyclic amines) is 1. The van der Waals surface area contributed by atoms with Crippen LogP contribution in [0.3, 0.4) is 0 Å². The van der Waals surface area contributed by atoms with Gasteiger partial charge in [0.05, 0.1) is 7.11 Å². The van der Waals surface area contributed by atoms with Crippen LogP contribution < -0.4 is 5.73 Å². The predicted molar refractivity (Wildman–Crippen MR) is 106 cm³/mol. The summed E-state index contributed by atoms with van der Waals surface area (Å²) in [5.74, 6) is 4.78. The Bertz CT molecular complexity index is 871. The van der Waals surface area contributed by atoms with Gasteiger partial charge in [-0.05, 0) is 56.2 Å². The third kappa shape index (κ3) is 4.53. The van der Waals surface area contributed by atoms with Gasteiger partial charge in [-0.15, -0.1) is 0 Å². The Balaban J connectivity index is 1.96. The van der Waals surface area contributed by atoms with Crippen molar-refractivity contribution in [3.63, 3.8) is 0 Å². The van der Waals surface area contributed by atoms with E-state index in [9.17, 15) is 14.4 Å². The molecular weight excluding hydrogens is 372 g/mol. The van der Waals surface area contributed by atoms with Crippen LogP contribution in [0.25, 0.3) is 0 Å². The van der Waals surface area contributed by atoms with E-state index < -0.39 is 23.9 Å². The lowest BCUT2D eigenvalue weighted by molar-refractivity contribution is -0.163. The molecule has 1 aliphatic carbocycles. The quantitative estimate of drug-likeness (QED) is 0.478. The van der Waals surface area contributed by atoms with Crippen LogP contribution in [-0.2, 0) is 19.1 Å². The van der Waals surface area contributed by atoms with Gasteiger partial charge in [-0.25, -0.2) is 4.79 Å². The summed E-state index contributed by atoms with van der Waals surface area (Å²) in [7, 11) is 1.36. The number of fused-ring (bicyclic) bond motifs is 1. The molecule has 2 amide bonds. The molecule has 2 fully saturated rings. The van der Waals surface area contributed by atoms with E-state index in [1.165, 1.54) is 7.11 Å². The number of rotatable bonds is 3. The Morgan fingerprint density at radius 3 is 2.79 bits per heavy atom. The molecule has 7 nitrogen and oxygen atoms in total. The Hall–Kier alpha value is -3.01. The molecule has 0 aromatic heterocycles. The third-order valence-electron chi connectivity index (χ3n) is 5.65. The van der Waals surface area contributed by atoms with Crippen LogP contribution >= 0.6 is 0 Å². The first-order valence-electron chi connectivity index (χ1n) is 9.79. The molecule has 1 aliphatic heterocycles. The lowest BCUT2D eigenvalue weighted by Crippen LogP contribution is -2.52. The van der Waals surface area contributed by atoms with Gasteiger partial charge >= 0.3 is 12.1 Å². The van der Waals surface area contributed by atoms with Crippen LogP contribution in [0.4, 0.5) is 4.79 Å². The second kappa shape index (κ2) is 8.56. The average molecular weight is 398 g/mol. The second-order valence-electron chi connectivity index (χ2n) is 7.64. The summed E-state index contributed by atoms with van der Waals surface area (Å²) < 4.78 is 10.7. The molecule has 7 heteroatoms. The van der Waals surface area contributed by atoms with Gasteiger partial charge in [0.2, 0.25) is 5.91 Å². The molecule has 2 aliphatic rings. The van der Waals surface area contributed by atoms with E-state index >= 15 is 0 Å². The van der Waals surface area contributed by atoms with Crippen molar-refractivity contribution in [3.8, 4) is 11.8 Å². The number of esters is 1. The number of carbonyl (C=O) groups excluding carboxylic acids is 3. The van der Waals surface area contributed by atoms with Crippen LogP contribution in [0.5, 0.6) is 0 Å². The summed E-state index contributed by atoms with van der Waals surface area (Å²) >= 11 is 0. The second-order valence-corrected chi connectivity index (χ2v) is 7.64. The largest absolute Gasteiger partial charge is 0.453 e. The lowest BCUT2D eigenvalue weighted by atomic mass is 9.72. The molecular formula is C22H26N2O5. The van der Waals surface area contributed by atoms with Crippen molar-refractivity contribution in [3.05, 3.63) is 35.4 Å². The highest BCUT2D eigenvalue weighted by Gasteiger charge is 2.53. The molecule has 0 bridgehead atoms. The first kappa shape index (κ1) is 20.7. The van der Waals surface area contributed by atoms with Gasteiger partial charge < -0.3 is 20.1 Å². The summed E-state index contributed by atoms with van der Waals surface area (Å²) in [5.41, 5.74) is 6.00. The molecule has 3 rings (SSSR count). The first-order chi connectivity index (χ1) is 13.8. The van der Waals surface area contributed by atoms with Crippen molar-refractivity contribution in [2.45, 2.75) is 50.7 Å². The fraction of sp³-hybridized carbons (Fsp3) is 0.500. The van der Waals surface area contributed by atoms with Gasteiger partial charge in [0.15, 0.2) is 5.60 Å². The summed E-state index contributed by atoms with van der Waals surface area (Å²) in [5, 5.41) is 0. The number of carbonyl (C=O) groups is 3. The summed E-state index contributed by atoms with van der Waals surface area (Å²) in [6, 6.07) is 7.64. The van der Waals surface area contributed by atoms with E-state index in [0.29, 0.717) is 19.4 Å². The Morgan fingerprint density at radius 1 is 1.31 bits per heavy atom. The van der Waals surface area contributed by atoms with Crippen molar-refractivity contribution in [2.75, 3.05) is 13.7 Å². The fourth-order valence-electron chi connectivity index (χ4n) is 4.45. The lowest BCUT2D eigenvalue weighted by Gasteiger charge is -2.42. The van der Waals surface area contributed by atoms with Crippen LogP contribution in [0, 0.1) is 24.7 Å². The van der Waals surface area contributed by atoms with Crippen molar-refractivity contribution >= 4 is 18.0 Å². The predicted octanol–water partition coefficient (Wildman–Crippen LogP) is 2.14. The van der Waals surface area contributed by atoms with Gasteiger partial charge in [-0.3, -0.25) is 9.59 Å². The molecule has 3 atom stereocenters. The molecule has 0 unspecified atom stereocenters. The monoisotopic (exact) mass is 398 g/mol. The summed E-state index contributed by atoms with van der Waals surface area (Å²) in [4.78, 5) is 37.4. The van der Waals surface area contributed by atoms with Crippen molar-refractivity contribution < 1.29 is 23.9 Å². The Labute approximate surface area is 170 Å². The molecule has 1 aromatic rings. The van der Waals surface area contributed by atoms with E-state index in [0.717, 1.165) is 24.0 Å². The number of nitrogens with two attached hydrogens (primary N) is 1. The fourth-order valence-corrected chi connectivity index (χ4v) is 4.45. The number of methoxy groups -OCH3 is 1. The van der Waals surface area contributed by atoms with E-state index in [1.54, 1.807) is 4.90 Å². The number of primary amides is 1. The van der Waals surface area contributed by atoms with Crippen molar-refractivity contribution in [1.29, 1.82) is 0 Å². The van der Waals surface area contributed by atoms with E-state index in [4.69, 9.17) is 15.2 Å². The number of ether oxygens (including phenoxy) is 2. The molecule has 1 saturated heterocycles. The number of nitrogens with zero attached hydrogens (tertiary/aromatic N) is 1. The summed E-state index contributed by atoms with van der Waals surface area (Å²) in [6.45, 7) is 2.50. The Kier molecular flexibility index (Phi) is 6.12. The number of benzene rings is 1. The number of hydrogen-bond acceptors (Lipinski definition) is 5. The maximum absolute atomic E-state index is 12.4. The first-order valence-corrected chi connectivity index (χ1v) is 9.79. The average Bonchev–Trinajstić information content (AvgIpc) is 3.11. The molecule has 29 heavy (non-hydrogen) atoms.